The molecule has 0 spiro atoms. The van der Waals surface area contributed by atoms with Crippen LogP contribution in [-0.2, 0) is 16.1 Å². The number of likely N-dealkylation sites (tertiary alicyclic amines) is 1. The van der Waals surface area contributed by atoms with Crippen LogP contribution in [0.25, 0.3) is 0 Å². The zero-order valence-electron chi connectivity index (χ0n) is 18.7. The Hall–Kier alpha value is -1.35. The molecule has 0 unspecified atom stereocenters. The third-order valence-corrected chi connectivity index (χ3v) is 5.44. The van der Waals surface area contributed by atoms with Gasteiger partial charge in [0.05, 0.1) is 19.8 Å². The quantitative estimate of drug-likeness (QED) is 0.209. The number of benzene rings is 1. The molecule has 0 aliphatic carbocycles. The number of hydrogen-bond donors (Lipinski definition) is 2. The summed E-state index contributed by atoms with van der Waals surface area (Å²) >= 11 is 0. The Morgan fingerprint density at radius 2 is 1.83 bits per heavy atom. The van der Waals surface area contributed by atoms with E-state index < -0.39 is 0 Å². The number of carbonyl (C=O) groups excluding carboxylic acids is 1. The van der Waals surface area contributed by atoms with Crippen LogP contribution in [0.2, 0.25) is 0 Å². The zero-order chi connectivity index (χ0) is 20.9. The molecule has 2 N–H and O–H groups in total. The molecule has 1 aromatic rings. The fraction of sp³-hybridized carbons (Fsp3) is 0.652. The number of amides is 1. The molecule has 6 nitrogen and oxygen atoms in total. The van der Waals surface area contributed by atoms with E-state index >= 15 is 0 Å². The number of hydrogen-bond acceptors (Lipinski definition) is 3. The van der Waals surface area contributed by atoms with Crippen molar-refractivity contribution in [2.75, 3.05) is 32.8 Å². The van der Waals surface area contributed by atoms with E-state index in [-0.39, 0.29) is 29.9 Å². The fourth-order valence-corrected chi connectivity index (χ4v) is 3.64. The molecule has 0 saturated carbocycles. The van der Waals surface area contributed by atoms with Crippen molar-refractivity contribution >= 4 is 35.8 Å². The predicted molar refractivity (Wildman–Crippen MR) is 134 cm³/mol. The van der Waals surface area contributed by atoms with Crippen molar-refractivity contribution in [2.45, 2.75) is 59.1 Å². The van der Waals surface area contributed by atoms with E-state index in [0.29, 0.717) is 31.7 Å². The first-order valence-electron chi connectivity index (χ1n) is 11.1. The summed E-state index contributed by atoms with van der Waals surface area (Å²) in [5, 5.41) is 6.84. The van der Waals surface area contributed by atoms with Gasteiger partial charge < -0.3 is 20.3 Å². The van der Waals surface area contributed by atoms with Gasteiger partial charge in [0.25, 0.3) is 0 Å². The summed E-state index contributed by atoms with van der Waals surface area (Å²) in [4.78, 5) is 19.2. The van der Waals surface area contributed by atoms with Gasteiger partial charge in [-0.25, -0.2) is 0 Å². The molecule has 0 atom stereocenters. The molecule has 1 aromatic carbocycles. The largest absolute Gasteiger partial charge is 0.375 e. The van der Waals surface area contributed by atoms with Gasteiger partial charge in [0, 0.05) is 31.6 Å². The van der Waals surface area contributed by atoms with Crippen LogP contribution < -0.4 is 10.6 Å². The zero-order valence-corrected chi connectivity index (χ0v) is 21.1. The minimum Gasteiger partial charge on any atom is -0.375 e. The summed E-state index contributed by atoms with van der Waals surface area (Å²) in [6, 6.07) is 10.5. The van der Waals surface area contributed by atoms with Crippen molar-refractivity contribution in [3.63, 3.8) is 0 Å². The normalized spacial score (nSPS) is 15.1. The van der Waals surface area contributed by atoms with E-state index in [9.17, 15) is 4.79 Å². The number of halogens is 1. The Morgan fingerprint density at radius 3 is 2.43 bits per heavy atom. The Labute approximate surface area is 199 Å². The van der Waals surface area contributed by atoms with Crippen LogP contribution in [0, 0.1) is 5.92 Å². The summed E-state index contributed by atoms with van der Waals surface area (Å²) < 4.78 is 5.72. The Bertz CT molecular complexity index is 615. The monoisotopic (exact) mass is 530 g/mol. The molecule has 2 rings (SSSR count). The molecule has 0 bridgehead atoms. The van der Waals surface area contributed by atoms with Gasteiger partial charge in [-0.1, -0.05) is 44.2 Å². The number of ether oxygens (including phenoxy) is 1. The lowest BCUT2D eigenvalue weighted by Crippen LogP contribution is -2.50. The van der Waals surface area contributed by atoms with Gasteiger partial charge in [0.2, 0.25) is 5.91 Å². The minimum atomic E-state index is 0. The first kappa shape index (κ1) is 26.7. The molecule has 1 saturated heterocycles. The lowest BCUT2D eigenvalue weighted by molar-refractivity contribution is -0.136. The number of nitrogens with zero attached hydrogens (tertiary/aromatic N) is 2. The molecular formula is C23H39IN4O2. The van der Waals surface area contributed by atoms with Crippen LogP contribution in [0.4, 0.5) is 0 Å². The van der Waals surface area contributed by atoms with Gasteiger partial charge in [-0.05, 0) is 38.2 Å². The maximum atomic E-state index is 12.6. The van der Waals surface area contributed by atoms with Gasteiger partial charge in [-0.15, -0.1) is 24.0 Å². The lowest BCUT2D eigenvalue weighted by Gasteiger charge is -2.34. The van der Waals surface area contributed by atoms with Crippen LogP contribution >= 0.6 is 24.0 Å². The molecule has 1 heterocycles. The lowest BCUT2D eigenvalue weighted by atomic mass is 9.98. The Morgan fingerprint density at radius 1 is 1.17 bits per heavy atom. The summed E-state index contributed by atoms with van der Waals surface area (Å²) in [7, 11) is 0. The number of carbonyl (C=O) groups is 1. The molecular weight excluding hydrogens is 491 g/mol. The molecule has 30 heavy (non-hydrogen) atoms. The number of aliphatic imine (C=N–C) groups is 1. The van der Waals surface area contributed by atoms with E-state index in [1.807, 2.05) is 23.1 Å². The number of nitrogens with one attached hydrogen (secondary N) is 2. The fourth-order valence-electron chi connectivity index (χ4n) is 3.64. The third-order valence-electron chi connectivity index (χ3n) is 5.44. The van der Waals surface area contributed by atoms with Gasteiger partial charge in [-0.2, -0.15) is 0 Å². The number of piperidine rings is 1. The van der Waals surface area contributed by atoms with Crippen LogP contribution in [0.5, 0.6) is 0 Å². The van der Waals surface area contributed by atoms with Crippen LogP contribution in [0.15, 0.2) is 35.3 Å². The average Bonchev–Trinajstić information content (AvgIpc) is 2.75. The molecule has 0 aromatic heterocycles. The molecule has 1 fully saturated rings. The van der Waals surface area contributed by atoms with Crippen molar-refractivity contribution < 1.29 is 9.53 Å². The molecule has 1 aliphatic heterocycles. The SMILES string of the molecule is CCNC(=NCCOCc1ccccc1)NC1CCN(C(=O)C(CC)CC)CC1.I. The highest BCUT2D eigenvalue weighted by Gasteiger charge is 2.26. The van der Waals surface area contributed by atoms with Crippen LogP contribution in [0.1, 0.15) is 52.0 Å². The second-order valence-corrected chi connectivity index (χ2v) is 7.56. The molecule has 1 amide bonds. The van der Waals surface area contributed by atoms with Crippen molar-refractivity contribution in [2.24, 2.45) is 10.9 Å². The first-order chi connectivity index (χ1) is 14.2. The summed E-state index contributed by atoms with van der Waals surface area (Å²) in [6.07, 6.45) is 3.77. The first-order valence-corrected chi connectivity index (χ1v) is 11.1. The van der Waals surface area contributed by atoms with Crippen molar-refractivity contribution in [3.05, 3.63) is 35.9 Å². The Kier molecular flexibility index (Phi) is 13.7. The molecule has 7 heteroatoms. The molecule has 1 aliphatic rings. The predicted octanol–water partition coefficient (Wildman–Crippen LogP) is 3.80. The van der Waals surface area contributed by atoms with Gasteiger partial charge in [-0.3, -0.25) is 9.79 Å². The van der Waals surface area contributed by atoms with E-state index in [1.165, 1.54) is 5.56 Å². The summed E-state index contributed by atoms with van der Waals surface area (Å²) in [6.45, 7) is 10.6. The summed E-state index contributed by atoms with van der Waals surface area (Å²) in [5.41, 5.74) is 1.18. The highest BCUT2D eigenvalue weighted by molar-refractivity contribution is 14.0. The van der Waals surface area contributed by atoms with Gasteiger partial charge in [0.15, 0.2) is 5.96 Å². The van der Waals surface area contributed by atoms with Crippen LogP contribution in [0.3, 0.4) is 0 Å². The highest BCUT2D eigenvalue weighted by atomic mass is 127. The van der Waals surface area contributed by atoms with Crippen LogP contribution in [-0.4, -0.2) is 55.6 Å². The van der Waals surface area contributed by atoms with Crippen molar-refractivity contribution in [1.29, 1.82) is 0 Å². The Balaban J connectivity index is 0.00000450. The second-order valence-electron chi connectivity index (χ2n) is 7.56. The number of guanidine groups is 1. The van der Waals surface area contributed by atoms with Crippen molar-refractivity contribution in [3.8, 4) is 0 Å². The molecule has 170 valence electrons. The summed E-state index contributed by atoms with van der Waals surface area (Å²) in [5.74, 6) is 1.33. The maximum absolute atomic E-state index is 12.6. The number of rotatable bonds is 10. The van der Waals surface area contributed by atoms with E-state index in [0.717, 1.165) is 51.3 Å². The van der Waals surface area contributed by atoms with Gasteiger partial charge >= 0.3 is 0 Å². The highest BCUT2D eigenvalue weighted by Crippen LogP contribution is 2.17. The van der Waals surface area contributed by atoms with E-state index in [4.69, 9.17) is 4.74 Å². The van der Waals surface area contributed by atoms with E-state index in [1.54, 1.807) is 0 Å². The van der Waals surface area contributed by atoms with Gasteiger partial charge in [0.1, 0.15) is 0 Å². The third kappa shape index (κ3) is 9.20. The second kappa shape index (κ2) is 15.5. The smallest absolute Gasteiger partial charge is 0.225 e. The maximum Gasteiger partial charge on any atom is 0.225 e. The topological polar surface area (TPSA) is 66.0 Å². The standard InChI is InChI=1S/C23H38N4O2.HI/c1-4-20(5-2)22(28)27-15-12-21(13-16-27)26-23(24-6-3)25-14-17-29-18-19-10-8-7-9-11-19;/h7-11,20-21H,4-6,12-18H2,1-3H3,(H2,24,25,26);1H. The molecule has 0 radical (unpaired) electrons. The minimum absolute atomic E-state index is 0. The van der Waals surface area contributed by atoms with Crippen molar-refractivity contribution in [1.82, 2.24) is 15.5 Å². The average molecular weight is 530 g/mol. The van der Waals surface area contributed by atoms with E-state index in [2.05, 4.69) is 48.5 Å².